The Bertz CT molecular complexity index is 793. The van der Waals surface area contributed by atoms with Crippen LogP contribution in [0.25, 0.3) is 10.4 Å². The van der Waals surface area contributed by atoms with Crippen LogP contribution in [0.15, 0.2) is 40.0 Å². The molecule has 3 nitrogen and oxygen atoms in total. The SMILES string of the molecule is CC12CCC(CC1=NNc1ncc(-c3ccc(Br)cc3)s1)C2(C)C. The molecule has 126 valence electrons. The Balaban J connectivity index is 1.52. The number of hydrogen-bond acceptors (Lipinski definition) is 4. The maximum atomic E-state index is 4.77. The highest BCUT2D eigenvalue weighted by molar-refractivity contribution is 9.10. The summed E-state index contributed by atoms with van der Waals surface area (Å²) in [5, 5.41) is 5.64. The number of nitrogens with one attached hydrogen (secondary N) is 1. The van der Waals surface area contributed by atoms with E-state index in [1.54, 1.807) is 11.3 Å². The summed E-state index contributed by atoms with van der Waals surface area (Å²) >= 11 is 5.12. The van der Waals surface area contributed by atoms with Crippen molar-refractivity contribution in [1.29, 1.82) is 0 Å². The molecular formula is C19H22BrN3S. The Hall–Kier alpha value is -1.20. The summed E-state index contributed by atoms with van der Waals surface area (Å²) in [5.74, 6) is 0.776. The average molecular weight is 404 g/mol. The van der Waals surface area contributed by atoms with Crippen LogP contribution in [0.2, 0.25) is 0 Å². The molecule has 4 rings (SSSR count). The monoisotopic (exact) mass is 403 g/mol. The molecule has 24 heavy (non-hydrogen) atoms. The predicted octanol–water partition coefficient (Wildman–Crippen LogP) is 6.19. The van der Waals surface area contributed by atoms with Crippen molar-refractivity contribution in [3.63, 3.8) is 0 Å². The standard InChI is InChI=1S/C19H22BrN3S/c1-18(2)13-8-9-19(18,3)16(10-13)22-23-17-21-11-15(24-17)12-4-6-14(20)7-5-12/h4-7,11,13H,8-10H2,1-3H3,(H,21,23). The van der Waals surface area contributed by atoms with E-state index in [4.69, 9.17) is 5.10 Å². The molecule has 2 aromatic rings. The smallest absolute Gasteiger partial charge is 0.203 e. The largest absolute Gasteiger partial charge is 0.253 e. The lowest BCUT2D eigenvalue weighted by Crippen LogP contribution is -2.32. The van der Waals surface area contributed by atoms with Crippen molar-refractivity contribution in [2.75, 3.05) is 5.43 Å². The maximum Gasteiger partial charge on any atom is 0.203 e. The number of rotatable bonds is 3. The van der Waals surface area contributed by atoms with E-state index >= 15 is 0 Å². The molecule has 2 bridgehead atoms. The molecule has 1 aromatic carbocycles. The molecule has 2 atom stereocenters. The van der Waals surface area contributed by atoms with Crippen molar-refractivity contribution in [2.24, 2.45) is 21.8 Å². The quantitative estimate of drug-likeness (QED) is 0.620. The Labute approximate surface area is 155 Å². The van der Waals surface area contributed by atoms with Gasteiger partial charge in [-0.2, -0.15) is 5.10 Å². The Morgan fingerprint density at radius 2 is 2.00 bits per heavy atom. The summed E-state index contributed by atoms with van der Waals surface area (Å²) in [7, 11) is 0. The van der Waals surface area contributed by atoms with Crippen LogP contribution in [0.1, 0.15) is 40.0 Å². The summed E-state index contributed by atoms with van der Waals surface area (Å²) in [6, 6.07) is 8.32. The average Bonchev–Trinajstić information content (AvgIpc) is 3.16. The highest BCUT2D eigenvalue weighted by atomic mass is 79.9. The Morgan fingerprint density at radius 1 is 1.25 bits per heavy atom. The lowest BCUT2D eigenvalue weighted by molar-refractivity contribution is 0.194. The van der Waals surface area contributed by atoms with Gasteiger partial charge in [0.15, 0.2) is 0 Å². The molecule has 0 aliphatic heterocycles. The highest BCUT2D eigenvalue weighted by Gasteiger charge is 2.59. The van der Waals surface area contributed by atoms with E-state index in [-0.39, 0.29) is 5.41 Å². The van der Waals surface area contributed by atoms with Gasteiger partial charge in [-0.25, -0.2) is 4.98 Å². The lowest BCUT2D eigenvalue weighted by atomic mass is 9.70. The van der Waals surface area contributed by atoms with E-state index < -0.39 is 0 Å². The Morgan fingerprint density at radius 3 is 2.62 bits per heavy atom. The first kappa shape index (κ1) is 16.3. The number of hydrogen-bond donors (Lipinski definition) is 1. The van der Waals surface area contributed by atoms with Crippen molar-refractivity contribution in [1.82, 2.24) is 4.98 Å². The fourth-order valence-corrected chi connectivity index (χ4v) is 5.31. The number of benzene rings is 1. The molecule has 1 heterocycles. The van der Waals surface area contributed by atoms with Crippen LogP contribution >= 0.6 is 27.3 Å². The summed E-state index contributed by atoms with van der Waals surface area (Å²) in [4.78, 5) is 5.64. The van der Waals surface area contributed by atoms with Gasteiger partial charge in [-0.1, -0.05) is 60.2 Å². The summed E-state index contributed by atoms with van der Waals surface area (Å²) < 4.78 is 1.09. The molecule has 0 saturated heterocycles. The van der Waals surface area contributed by atoms with Gasteiger partial charge in [-0.15, -0.1) is 0 Å². The maximum absolute atomic E-state index is 4.77. The van der Waals surface area contributed by atoms with Crippen LogP contribution in [-0.2, 0) is 0 Å². The third kappa shape index (κ3) is 2.44. The van der Waals surface area contributed by atoms with E-state index in [0.717, 1.165) is 26.8 Å². The van der Waals surface area contributed by atoms with Gasteiger partial charge < -0.3 is 0 Å². The second-order valence-electron chi connectivity index (χ2n) is 7.70. The summed E-state index contributed by atoms with van der Waals surface area (Å²) in [6.07, 6.45) is 5.64. The molecule has 0 amide bonds. The molecule has 1 N–H and O–H groups in total. The zero-order valence-electron chi connectivity index (χ0n) is 14.3. The summed E-state index contributed by atoms with van der Waals surface area (Å²) in [6.45, 7) is 7.19. The van der Waals surface area contributed by atoms with Crippen molar-refractivity contribution in [3.05, 3.63) is 34.9 Å². The molecule has 1 aromatic heterocycles. The van der Waals surface area contributed by atoms with E-state index in [1.165, 1.54) is 24.1 Å². The molecule has 0 radical (unpaired) electrons. The minimum Gasteiger partial charge on any atom is -0.253 e. The van der Waals surface area contributed by atoms with Crippen LogP contribution in [-0.4, -0.2) is 10.7 Å². The molecule has 2 fully saturated rings. The van der Waals surface area contributed by atoms with Gasteiger partial charge in [-0.3, -0.25) is 5.43 Å². The molecule has 2 aliphatic rings. The van der Waals surface area contributed by atoms with Gasteiger partial charge in [0.25, 0.3) is 0 Å². The van der Waals surface area contributed by atoms with Crippen molar-refractivity contribution < 1.29 is 0 Å². The minimum absolute atomic E-state index is 0.233. The van der Waals surface area contributed by atoms with Gasteiger partial charge in [0, 0.05) is 21.8 Å². The number of nitrogens with zero attached hydrogens (tertiary/aromatic N) is 2. The zero-order chi connectivity index (χ0) is 16.9. The van der Waals surface area contributed by atoms with Crippen LogP contribution in [0.3, 0.4) is 0 Å². The van der Waals surface area contributed by atoms with Crippen LogP contribution in [0.4, 0.5) is 5.13 Å². The van der Waals surface area contributed by atoms with Crippen molar-refractivity contribution in [3.8, 4) is 10.4 Å². The van der Waals surface area contributed by atoms with Gasteiger partial charge in [0.2, 0.25) is 5.13 Å². The van der Waals surface area contributed by atoms with E-state index in [0.29, 0.717) is 5.41 Å². The molecule has 2 unspecified atom stereocenters. The first-order chi connectivity index (χ1) is 11.4. The number of halogens is 1. The van der Waals surface area contributed by atoms with Gasteiger partial charge in [0.1, 0.15) is 0 Å². The van der Waals surface area contributed by atoms with Gasteiger partial charge in [0.05, 0.1) is 4.88 Å². The van der Waals surface area contributed by atoms with Crippen LogP contribution in [0.5, 0.6) is 0 Å². The third-order valence-electron chi connectivity index (χ3n) is 6.43. The fourth-order valence-electron chi connectivity index (χ4n) is 4.29. The van der Waals surface area contributed by atoms with E-state index in [1.807, 2.05) is 6.20 Å². The lowest BCUT2D eigenvalue weighted by Gasteiger charge is -2.34. The number of fused-ring (bicyclic) bond motifs is 2. The number of anilines is 1. The molecule has 2 aliphatic carbocycles. The van der Waals surface area contributed by atoms with Crippen molar-refractivity contribution in [2.45, 2.75) is 40.0 Å². The normalized spacial score (nSPS) is 29.3. The molecule has 0 spiro atoms. The van der Waals surface area contributed by atoms with E-state index in [2.05, 4.69) is 71.4 Å². The predicted molar refractivity (Wildman–Crippen MR) is 106 cm³/mol. The molecule has 5 heteroatoms. The van der Waals surface area contributed by atoms with E-state index in [9.17, 15) is 0 Å². The van der Waals surface area contributed by atoms with Crippen LogP contribution < -0.4 is 5.43 Å². The second kappa shape index (κ2) is 5.67. The fraction of sp³-hybridized carbons (Fsp3) is 0.474. The topological polar surface area (TPSA) is 37.3 Å². The van der Waals surface area contributed by atoms with Crippen molar-refractivity contribution >= 4 is 38.1 Å². The number of aromatic nitrogens is 1. The number of hydrazone groups is 1. The highest BCUT2D eigenvalue weighted by Crippen LogP contribution is 2.63. The van der Waals surface area contributed by atoms with Gasteiger partial charge in [-0.05, 0) is 48.3 Å². The van der Waals surface area contributed by atoms with Gasteiger partial charge >= 0.3 is 0 Å². The molecule has 2 saturated carbocycles. The minimum atomic E-state index is 0.233. The first-order valence-corrected chi connectivity index (χ1v) is 10.1. The first-order valence-electron chi connectivity index (χ1n) is 8.45. The Kier molecular flexibility index (Phi) is 3.84. The van der Waals surface area contributed by atoms with Crippen LogP contribution in [0, 0.1) is 16.7 Å². The third-order valence-corrected chi connectivity index (χ3v) is 7.91. The summed E-state index contributed by atoms with van der Waals surface area (Å²) in [5.41, 5.74) is 6.32. The zero-order valence-corrected chi connectivity index (χ0v) is 16.7. The number of thiazole rings is 1. The molecular weight excluding hydrogens is 382 g/mol. The second-order valence-corrected chi connectivity index (χ2v) is 9.65.